The zero-order chi connectivity index (χ0) is 12.9. The third kappa shape index (κ3) is 7.48. The molecule has 2 unspecified atom stereocenters. The van der Waals surface area contributed by atoms with Crippen molar-refractivity contribution in [2.24, 2.45) is 11.5 Å². The molecule has 8 nitrogen and oxygen atoms in total. The van der Waals surface area contributed by atoms with Gasteiger partial charge < -0.3 is 21.7 Å². The van der Waals surface area contributed by atoms with Gasteiger partial charge in [-0.1, -0.05) is 21.6 Å². The minimum Gasteiger partial charge on any atom is -0.480 e. The molecule has 0 aliphatic rings. The first-order chi connectivity index (χ1) is 7.27. The van der Waals surface area contributed by atoms with Gasteiger partial charge in [-0.05, 0) is 0 Å². The highest BCUT2D eigenvalue weighted by molar-refractivity contribution is 8.77. The summed E-state index contributed by atoms with van der Waals surface area (Å²) in [5.41, 5.74) is 9.52. The van der Waals surface area contributed by atoms with Crippen molar-refractivity contribution in [3.8, 4) is 0 Å². The van der Waals surface area contributed by atoms with Crippen molar-refractivity contribution in [1.29, 1.82) is 0 Å². The zero-order valence-electron chi connectivity index (χ0n) is 8.47. The predicted octanol–water partition coefficient (Wildman–Crippen LogP) is -0.912. The molecule has 0 saturated carbocycles. The lowest BCUT2D eigenvalue weighted by Crippen LogP contribution is -2.35. The second kappa shape index (κ2) is 10.1. The molecule has 2 amide bonds. The number of halogens is 2. The van der Waals surface area contributed by atoms with Crippen LogP contribution in [0.3, 0.4) is 0 Å². The summed E-state index contributed by atoms with van der Waals surface area (Å²) in [5, 5.41) is 13.8. The second-order valence-corrected chi connectivity index (χ2v) is 4.92. The number of hydrogen-bond donors (Lipinski definition) is 4. The number of rotatable bonds is 7. The van der Waals surface area contributed by atoms with Crippen LogP contribution in [0.5, 0.6) is 0 Å². The minimum atomic E-state index is -1.63. The van der Waals surface area contributed by atoms with Gasteiger partial charge in [0.15, 0.2) is 10.5 Å². The van der Waals surface area contributed by atoms with Crippen molar-refractivity contribution in [3.05, 3.63) is 0 Å². The lowest BCUT2D eigenvalue weighted by molar-refractivity contribution is -0.141. The third-order valence-electron chi connectivity index (χ3n) is 1.21. The van der Waals surface area contributed by atoms with E-state index in [4.69, 9.17) is 21.7 Å². The summed E-state index contributed by atoms with van der Waals surface area (Å²) in [5.74, 6) is -5.31. The highest BCUT2D eigenvalue weighted by Crippen LogP contribution is 2.31. The Bertz CT molecular complexity index is 282. The van der Waals surface area contributed by atoms with Crippen molar-refractivity contribution in [1.82, 2.24) is 0 Å². The molecule has 0 aromatic heterocycles. The first-order valence-electron chi connectivity index (χ1n) is 3.63. The minimum absolute atomic E-state index is 0. The van der Waals surface area contributed by atoms with Crippen LogP contribution in [0.15, 0.2) is 0 Å². The Morgan fingerprint density at radius 1 is 0.778 bits per heavy atom. The fourth-order valence-corrected chi connectivity index (χ4v) is 2.84. The van der Waals surface area contributed by atoms with Gasteiger partial charge in [0, 0.05) is 0 Å². The smallest absolute Gasteiger partial charge is 0.327 e. The Balaban J connectivity index is -0.00000112. The normalized spacial score (nSPS) is 12.2. The van der Waals surface area contributed by atoms with Gasteiger partial charge in [0.2, 0.25) is 11.8 Å². The van der Waals surface area contributed by atoms with Gasteiger partial charge in [-0.2, -0.15) is 0 Å². The largest absolute Gasteiger partial charge is 0.480 e. The molecular weight excluding hydrogens is 331 g/mol. The number of hydrogen-bond acceptors (Lipinski definition) is 6. The molecular formula is C6H10Cl2N2O6S2. The van der Waals surface area contributed by atoms with Gasteiger partial charge in [-0.3, -0.25) is 19.2 Å². The quantitative estimate of drug-likeness (QED) is 0.342. The summed E-state index contributed by atoms with van der Waals surface area (Å²) >= 11 is 0. The highest BCUT2D eigenvalue weighted by atomic mass is 35.5. The summed E-state index contributed by atoms with van der Waals surface area (Å²) in [4.78, 5) is 42.3. The summed E-state index contributed by atoms with van der Waals surface area (Å²) < 4.78 is 0. The molecule has 0 aromatic rings. The van der Waals surface area contributed by atoms with E-state index in [2.05, 4.69) is 0 Å². The summed E-state index contributed by atoms with van der Waals surface area (Å²) in [7, 11) is 0.727. The van der Waals surface area contributed by atoms with Crippen LogP contribution in [0.2, 0.25) is 0 Å². The molecule has 106 valence electrons. The van der Waals surface area contributed by atoms with Gasteiger partial charge >= 0.3 is 11.9 Å². The van der Waals surface area contributed by atoms with Crippen LogP contribution in [0.1, 0.15) is 0 Å². The van der Waals surface area contributed by atoms with Gasteiger partial charge in [-0.25, -0.2) is 0 Å². The molecule has 0 heterocycles. The molecule has 0 radical (unpaired) electrons. The van der Waals surface area contributed by atoms with Crippen LogP contribution in [-0.4, -0.2) is 44.5 Å². The molecule has 6 N–H and O–H groups in total. The van der Waals surface area contributed by atoms with Crippen LogP contribution in [0.25, 0.3) is 0 Å². The Morgan fingerprint density at radius 3 is 1.11 bits per heavy atom. The van der Waals surface area contributed by atoms with E-state index in [0.717, 1.165) is 0 Å². The number of carboxylic acids is 2. The van der Waals surface area contributed by atoms with E-state index in [1.165, 1.54) is 0 Å². The molecule has 0 fully saturated rings. The lowest BCUT2D eigenvalue weighted by Gasteiger charge is -2.10. The number of nitrogens with two attached hydrogens (primary N) is 2. The number of carbonyl (C=O) groups excluding carboxylic acids is 2. The lowest BCUT2D eigenvalue weighted by atomic mass is 10.4. The van der Waals surface area contributed by atoms with Gasteiger partial charge in [0.25, 0.3) is 0 Å². The summed E-state index contributed by atoms with van der Waals surface area (Å²) in [6.07, 6.45) is 0. The number of amides is 2. The number of carboxylic acid groups (broad SMARTS) is 2. The maximum atomic E-state index is 10.6. The van der Waals surface area contributed by atoms with E-state index in [1.54, 1.807) is 0 Å². The van der Waals surface area contributed by atoms with Crippen molar-refractivity contribution in [2.75, 3.05) is 0 Å². The average molecular weight is 341 g/mol. The van der Waals surface area contributed by atoms with E-state index in [9.17, 15) is 19.2 Å². The third-order valence-corrected chi connectivity index (χ3v) is 4.07. The molecule has 18 heavy (non-hydrogen) atoms. The van der Waals surface area contributed by atoms with Crippen molar-refractivity contribution < 1.29 is 29.4 Å². The van der Waals surface area contributed by atoms with Crippen LogP contribution in [-0.2, 0) is 19.2 Å². The Hall–Kier alpha value is -0.840. The first kappa shape index (κ1) is 22.3. The number of primary amides is 2. The zero-order valence-corrected chi connectivity index (χ0v) is 11.7. The van der Waals surface area contributed by atoms with E-state index < -0.39 is 34.3 Å². The van der Waals surface area contributed by atoms with Gasteiger partial charge in [0.1, 0.15) is 0 Å². The molecule has 0 aliphatic carbocycles. The summed E-state index contributed by atoms with van der Waals surface area (Å²) in [6.45, 7) is 0. The van der Waals surface area contributed by atoms with E-state index in [-0.39, 0.29) is 24.8 Å². The molecule has 0 spiro atoms. The Labute approximate surface area is 121 Å². The molecule has 0 saturated heterocycles. The SMILES string of the molecule is Cl.Cl.NC(=O)C(SSC(C(N)=O)C(=O)O)C(=O)O. The Morgan fingerprint density at radius 2 is 1.00 bits per heavy atom. The van der Waals surface area contributed by atoms with Crippen LogP contribution in [0.4, 0.5) is 0 Å². The monoisotopic (exact) mass is 340 g/mol. The number of aliphatic carboxylic acids is 2. The average Bonchev–Trinajstić information content (AvgIpc) is 2.09. The maximum Gasteiger partial charge on any atom is 0.327 e. The van der Waals surface area contributed by atoms with Crippen LogP contribution >= 0.6 is 46.4 Å². The van der Waals surface area contributed by atoms with Crippen LogP contribution in [0, 0.1) is 0 Å². The van der Waals surface area contributed by atoms with Crippen LogP contribution < -0.4 is 11.5 Å². The topological polar surface area (TPSA) is 161 Å². The summed E-state index contributed by atoms with van der Waals surface area (Å²) in [6, 6.07) is 0. The van der Waals surface area contributed by atoms with Crippen molar-refractivity contribution >= 4 is 70.2 Å². The molecule has 2 atom stereocenters. The fraction of sp³-hybridized carbons (Fsp3) is 0.333. The van der Waals surface area contributed by atoms with E-state index >= 15 is 0 Å². The molecule has 0 aliphatic heterocycles. The number of carbonyl (C=O) groups is 4. The van der Waals surface area contributed by atoms with Gasteiger partial charge in [-0.15, -0.1) is 24.8 Å². The molecule has 12 heteroatoms. The van der Waals surface area contributed by atoms with E-state index in [1.807, 2.05) is 0 Å². The maximum absolute atomic E-state index is 10.6. The second-order valence-electron chi connectivity index (χ2n) is 2.43. The molecule has 0 rings (SSSR count). The van der Waals surface area contributed by atoms with Crippen molar-refractivity contribution in [3.63, 3.8) is 0 Å². The Kier molecular flexibility index (Phi) is 12.6. The highest BCUT2D eigenvalue weighted by Gasteiger charge is 2.31. The first-order valence-corrected chi connectivity index (χ1v) is 5.91. The van der Waals surface area contributed by atoms with E-state index in [0.29, 0.717) is 21.6 Å². The molecule has 0 bridgehead atoms. The van der Waals surface area contributed by atoms with Crippen molar-refractivity contribution in [2.45, 2.75) is 10.5 Å². The standard InChI is InChI=1S/C6H8N2O6S2.2ClH/c7-3(9)1(5(11)12)15-16-2(4(8)10)6(13)14;;/h1-2H,(H2,7,9)(H2,8,10)(H,11,12)(H,13,14);2*1H. The predicted molar refractivity (Wildman–Crippen MR) is 70.9 cm³/mol. The molecule has 0 aromatic carbocycles. The fourth-order valence-electron chi connectivity index (χ4n) is 0.532. The van der Waals surface area contributed by atoms with Gasteiger partial charge in [0.05, 0.1) is 0 Å².